The van der Waals surface area contributed by atoms with Gasteiger partial charge in [0, 0.05) is 5.41 Å². The molecule has 0 heterocycles. The second-order valence-corrected chi connectivity index (χ2v) is 5.11. The second-order valence-electron chi connectivity index (χ2n) is 5.11. The molecule has 18 heavy (non-hydrogen) atoms. The van der Waals surface area contributed by atoms with Crippen LogP contribution in [0, 0.1) is 22.2 Å². The average molecular weight is 252 g/mol. The van der Waals surface area contributed by atoms with Gasteiger partial charge in [0.2, 0.25) is 0 Å². The molecule has 3 unspecified atom stereocenters. The van der Waals surface area contributed by atoms with Crippen LogP contribution in [0.2, 0.25) is 0 Å². The summed E-state index contributed by atoms with van der Waals surface area (Å²) >= 11 is 0. The summed E-state index contributed by atoms with van der Waals surface area (Å²) in [5.41, 5.74) is -5.52. The molecule has 96 valence electrons. The number of hydrogen-bond donors (Lipinski definition) is 1. The molecule has 1 N–H and O–H groups in total. The van der Waals surface area contributed by atoms with E-state index >= 15 is 0 Å². The molecule has 0 saturated heterocycles. The van der Waals surface area contributed by atoms with E-state index in [1.807, 2.05) is 0 Å². The number of carboxylic acids is 1. The van der Waals surface area contributed by atoms with Gasteiger partial charge in [-0.15, -0.1) is 0 Å². The Labute approximate surface area is 102 Å². The Hall–Kier alpha value is -1.85. The first kappa shape index (κ1) is 12.6. The zero-order chi connectivity index (χ0) is 13.6. The van der Waals surface area contributed by atoms with E-state index in [0.717, 1.165) is 0 Å². The summed E-state index contributed by atoms with van der Waals surface area (Å²) < 4.78 is 0. The molecule has 6 heteroatoms. The summed E-state index contributed by atoms with van der Waals surface area (Å²) in [6.45, 7) is 0. The number of aldehydes is 4. The number of carboxylic acid groups (broad SMARTS) is 1. The largest absolute Gasteiger partial charge is 0.480 e. The first-order valence-electron chi connectivity index (χ1n) is 5.59. The maximum absolute atomic E-state index is 11.5. The number of aliphatic carboxylic acids is 1. The van der Waals surface area contributed by atoms with E-state index in [4.69, 9.17) is 0 Å². The summed E-state index contributed by atoms with van der Waals surface area (Å²) in [6.07, 6.45) is 1.71. The van der Waals surface area contributed by atoms with Gasteiger partial charge in [0.15, 0.2) is 0 Å². The highest BCUT2D eigenvalue weighted by Gasteiger charge is 2.78. The third-order valence-corrected chi connectivity index (χ3v) is 4.84. The zero-order valence-electron chi connectivity index (χ0n) is 9.50. The van der Waals surface area contributed by atoms with E-state index < -0.39 is 28.1 Å². The van der Waals surface area contributed by atoms with Gasteiger partial charge < -0.3 is 24.3 Å². The molecule has 2 aliphatic carbocycles. The third-order valence-electron chi connectivity index (χ3n) is 4.84. The summed E-state index contributed by atoms with van der Waals surface area (Å²) in [5, 5.41) is 9.33. The van der Waals surface area contributed by atoms with Gasteiger partial charge in [-0.2, -0.15) is 0 Å². The van der Waals surface area contributed by atoms with Gasteiger partial charge in [0.25, 0.3) is 0 Å². The molecule has 2 fully saturated rings. The first-order chi connectivity index (χ1) is 8.50. The molecule has 0 aromatic carbocycles. The van der Waals surface area contributed by atoms with Gasteiger partial charge >= 0.3 is 5.97 Å². The van der Waals surface area contributed by atoms with Crippen LogP contribution in [-0.4, -0.2) is 36.2 Å². The molecule has 0 amide bonds. The maximum Gasteiger partial charge on any atom is 0.318 e. The molecule has 2 bridgehead atoms. The van der Waals surface area contributed by atoms with Gasteiger partial charge in [0.05, 0.1) is 0 Å². The topological polar surface area (TPSA) is 106 Å². The quantitative estimate of drug-likeness (QED) is 0.529. The highest BCUT2D eigenvalue weighted by atomic mass is 16.4. The Morgan fingerprint density at radius 1 is 1.06 bits per heavy atom. The van der Waals surface area contributed by atoms with Crippen LogP contribution in [0.5, 0.6) is 0 Å². The van der Waals surface area contributed by atoms with E-state index in [1.165, 1.54) is 0 Å². The van der Waals surface area contributed by atoms with Crippen LogP contribution in [0.25, 0.3) is 0 Å². The Balaban J connectivity index is 2.79. The lowest BCUT2D eigenvalue weighted by atomic mass is 9.53. The van der Waals surface area contributed by atoms with E-state index in [0.29, 0.717) is 12.7 Å². The molecule has 0 radical (unpaired) electrons. The van der Waals surface area contributed by atoms with Crippen molar-refractivity contribution in [2.75, 3.05) is 0 Å². The van der Waals surface area contributed by atoms with Crippen molar-refractivity contribution in [3.05, 3.63) is 0 Å². The van der Waals surface area contributed by atoms with Gasteiger partial charge in [0.1, 0.15) is 36.0 Å². The van der Waals surface area contributed by atoms with Crippen molar-refractivity contribution in [1.82, 2.24) is 0 Å². The number of carbonyl (C=O) groups is 5. The summed E-state index contributed by atoms with van der Waals surface area (Å²) in [5.74, 6) is -2.15. The Kier molecular flexibility index (Phi) is 2.50. The molecule has 6 nitrogen and oxygen atoms in total. The van der Waals surface area contributed by atoms with E-state index in [-0.39, 0.29) is 31.7 Å². The number of carbonyl (C=O) groups excluding carboxylic acids is 4. The van der Waals surface area contributed by atoms with Gasteiger partial charge in [-0.1, -0.05) is 0 Å². The molecule has 0 aromatic heterocycles. The molecular weight excluding hydrogens is 240 g/mol. The lowest BCUT2D eigenvalue weighted by Gasteiger charge is -2.43. The molecule has 2 aliphatic rings. The fraction of sp³-hybridized carbons (Fsp3) is 0.583. The van der Waals surface area contributed by atoms with E-state index in [1.54, 1.807) is 0 Å². The van der Waals surface area contributed by atoms with Crippen molar-refractivity contribution in [3.8, 4) is 0 Å². The van der Waals surface area contributed by atoms with Gasteiger partial charge in [-0.25, -0.2) is 0 Å². The Morgan fingerprint density at radius 2 is 1.67 bits per heavy atom. The predicted octanol–water partition coefficient (Wildman–Crippen LogP) is -0.361. The lowest BCUT2D eigenvalue weighted by molar-refractivity contribution is -0.174. The maximum atomic E-state index is 11.5. The minimum Gasteiger partial charge on any atom is -0.480 e. The van der Waals surface area contributed by atoms with Crippen LogP contribution in [0.1, 0.15) is 19.3 Å². The van der Waals surface area contributed by atoms with Crippen molar-refractivity contribution in [3.63, 3.8) is 0 Å². The monoisotopic (exact) mass is 252 g/mol. The molecule has 3 atom stereocenters. The van der Waals surface area contributed by atoms with Crippen LogP contribution < -0.4 is 0 Å². The number of hydrogen-bond acceptors (Lipinski definition) is 5. The van der Waals surface area contributed by atoms with Crippen LogP contribution in [-0.2, 0) is 24.0 Å². The lowest BCUT2D eigenvalue weighted by Crippen LogP contribution is -2.59. The van der Waals surface area contributed by atoms with E-state index in [2.05, 4.69) is 0 Å². The van der Waals surface area contributed by atoms with Crippen molar-refractivity contribution >= 4 is 31.1 Å². The van der Waals surface area contributed by atoms with Crippen LogP contribution in [0.15, 0.2) is 0 Å². The van der Waals surface area contributed by atoms with Crippen molar-refractivity contribution in [1.29, 1.82) is 0 Å². The average Bonchev–Trinajstić information content (AvgIpc) is 2.91. The molecule has 2 saturated carbocycles. The van der Waals surface area contributed by atoms with Crippen molar-refractivity contribution < 1.29 is 29.1 Å². The normalized spacial score (nSPS) is 40.1. The van der Waals surface area contributed by atoms with Crippen LogP contribution in [0.3, 0.4) is 0 Å². The molecule has 0 aromatic rings. The second kappa shape index (κ2) is 3.57. The summed E-state index contributed by atoms with van der Waals surface area (Å²) in [6, 6.07) is 0. The fourth-order valence-corrected chi connectivity index (χ4v) is 3.85. The summed E-state index contributed by atoms with van der Waals surface area (Å²) in [7, 11) is 0. The molecular formula is C12H12O6. The molecule has 2 rings (SSSR count). The predicted molar refractivity (Wildman–Crippen MR) is 56.5 cm³/mol. The number of rotatable bonds is 5. The Bertz CT molecular complexity index is 447. The highest BCUT2D eigenvalue weighted by molar-refractivity contribution is 6.08. The minimum atomic E-state index is -2.10. The first-order valence-corrected chi connectivity index (χ1v) is 5.59. The fourth-order valence-electron chi connectivity index (χ4n) is 3.85. The van der Waals surface area contributed by atoms with Gasteiger partial charge in [-0.3, -0.25) is 4.79 Å². The minimum absolute atomic E-state index is 0.0962. The highest BCUT2D eigenvalue weighted by Crippen LogP contribution is 2.70. The van der Waals surface area contributed by atoms with Gasteiger partial charge in [-0.05, 0) is 25.2 Å². The smallest absolute Gasteiger partial charge is 0.318 e. The Morgan fingerprint density at radius 3 is 2.06 bits per heavy atom. The standard InChI is InChI=1S/C12H12O6/c13-4-10-2-1-8(3-10)12(7-16,9(17)18)11(10,5-14)6-15/h4-8H,1-3H2,(H,17,18). The molecule has 0 aliphatic heterocycles. The molecule has 0 spiro atoms. The third kappa shape index (κ3) is 0.935. The van der Waals surface area contributed by atoms with E-state index in [9.17, 15) is 29.1 Å². The van der Waals surface area contributed by atoms with Crippen molar-refractivity contribution in [2.45, 2.75) is 19.3 Å². The van der Waals surface area contributed by atoms with Crippen LogP contribution >= 0.6 is 0 Å². The zero-order valence-corrected chi connectivity index (χ0v) is 9.50. The SMILES string of the molecule is O=CC12CCC(C1)C(C=O)(C(=O)O)C2(C=O)C=O. The number of fused-ring (bicyclic) bond motifs is 2. The van der Waals surface area contributed by atoms with Crippen LogP contribution in [0.4, 0.5) is 0 Å². The van der Waals surface area contributed by atoms with Crippen molar-refractivity contribution in [2.24, 2.45) is 22.2 Å². The summed E-state index contributed by atoms with van der Waals surface area (Å²) in [4.78, 5) is 56.9.